The first kappa shape index (κ1) is 15.6. The van der Waals surface area contributed by atoms with Gasteiger partial charge < -0.3 is 20.1 Å². The quantitative estimate of drug-likeness (QED) is 0.869. The predicted molar refractivity (Wildman–Crippen MR) is 81.8 cm³/mol. The topological polar surface area (TPSA) is 61.8 Å². The number of hydrogen-bond acceptors (Lipinski definition) is 4. The number of piperidine rings is 1. The van der Waals surface area contributed by atoms with E-state index in [0.29, 0.717) is 23.8 Å². The molecule has 116 valence electrons. The fraction of sp³-hybridized carbons (Fsp3) is 0.562. The Morgan fingerprint density at radius 3 is 2.76 bits per heavy atom. The Labute approximate surface area is 125 Å². The van der Waals surface area contributed by atoms with Gasteiger partial charge in [0.15, 0.2) is 0 Å². The van der Waals surface area contributed by atoms with E-state index in [2.05, 4.69) is 17.3 Å². The second-order valence-electron chi connectivity index (χ2n) is 5.67. The van der Waals surface area contributed by atoms with E-state index in [1.165, 1.54) is 26.0 Å². The number of benzene rings is 1. The van der Waals surface area contributed by atoms with Crippen molar-refractivity contribution in [2.75, 3.05) is 33.8 Å². The van der Waals surface area contributed by atoms with E-state index in [9.17, 15) is 9.90 Å². The molecule has 1 fully saturated rings. The van der Waals surface area contributed by atoms with E-state index in [4.69, 9.17) is 4.74 Å². The molecule has 1 aromatic rings. The summed E-state index contributed by atoms with van der Waals surface area (Å²) in [6, 6.07) is 4.70. The highest BCUT2D eigenvalue weighted by molar-refractivity contribution is 5.96. The molecule has 0 radical (unpaired) electrons. The van der Waals surface area contributed by atoms with Gasteiger partial charge in [0, 0.05) is 12.6 Å². The lowest BCUT2D eigenvalue weighted by Gasteiger charge is -2.28. The molecule has 5 heteroatoms. The molecule has 21 heavy (non-hydrogen) atoms. The Hall–Kier alpha value is -1.75. The predicted octanol–water partition coefficient (Wildman–Crippen LogP) is 1.86. The van der Waals surface area contributed by atoms with Gasteiger partial charge in [-0.3, -0.25) is 4.79 Å². The third-order valence-corrected chi connectivity index (χ3v) is 4.13. The molecule has 1 heterocycles. The van der Waals surface area contributed by atoms with Gasteiger partial charge in [-0.15, -0.1) is 0 Å². The van der Waals surface area contributed by atoms with Crippen LogP contribution in [-0.4, -0.2) is 49.7 Å². The number of nitrogens with one attached hydrogen (secondary N) is 1. The Balaban J connectivity index is 1.79. The van der Waals surface area contributed by atoms with Crippen LogP contribution in [0.1, 0.15) is 29.6 Å². The van der Waals surface area contributed by atoms with Crippen molar-refractivity contribution in [1.29, 1.82) is 0 Å². The second-order valence-corrected chi connectivity index (χ2v) is 5.67. The summed E-state index contributed by atoms with van der Waals surface area (Å²) in [5.41, 5.74) is 0.291. The third kappa shape index (κ3) is 4.36. The Bertz CT molecular complexity index is 482. The van der Waals surface area contributed by atoms with Crippen molar-refractivity contribution < 1.29 is 14.6 Å². The average Bonchev–Trinajstić information content (AvgIpc) is 2.49. The first-order chi connectivity index (χ1) is 10.1. The number of phenols is 1. The van der Waals surface area contributed by atoms with Crippen LogP contribution in [0, 0.1) is 5.92 Å². The number of aromatic hydroxyl groups is 1. The van der Waals surface area contributed by atoms with Crippen LogP contribution in [-0.2, 0) is 0 Å². The zero-order chi connectivity index (χ0) is 15.2. The molecule has 1 amide bonds. The van der Waals surface area contributed by atoms with E-state index in [1.54, 1.807) is 12.1 Å². The number of amides is 1. The van der Waals surface area contributed by atoms with E-state index < -0.39 is 0 Å². The van der Waals surface area contributed by atoms with Crippen molar-refractivity contribution in [3.8, 4) is 11.5 Å². The molecule has 1 aliphatic heterocycles. The lowest BCUT2D eigenvalue weighted by atomic mass is 9.94. The summed E-state index contributed by atoms with van der Waals surface area (Å²) in [7, 11) is 3.67. The summed E-state index contributed by atoms with van der Waals surface area (Å²) in [5.74, 6) is 0.940. The van der Waals surface area contributed by atoms with Gasteiger partial charge in [-0.2, -0.15) is 0 Å². The fourth-order valence-electron chi connectivity index (χ4n) is 2.67. The van der Waals surface area contributed by atoms with Crippen molar-refractivity contribution in [3.05, 3.63) is 23.8 Å². The molecule has 0 saturated carbocycles. The van der Waals surface area contributed by atoms with Crippen LogP contribution >= 0.6 is 0 Å². The van der Waals surface area contributed by atoms with E-state index in [1.807, 2.05) is 0 Å². The van der Waals surface area contributed by atoms with Crippen molar-refractivity contribution in [2.24, 2.45) is 5.92 Å². The molecule has 0 atom stereocenters. The summed E-state index contributed by atoms with van der Waals surface area (Å²) in [5, 5.41) is 12.7. The minimum absolute atomic E-state index is 0.0499. The zero-order valence-corrected chi connectivity index (χ0v) is 12.8. The van der Waals surface area contributed by atoms with Crippen molar-refractivity contribution in [2.45, 2.75) is 19.3 Å². The maximum atomic E-state index is 12.0. The normalized spacial score (nSPS) is 16.7. The van der Waals surface area contributed by atoms with Crippen molar-refractivity contribution >= 4 is 5.91 Å². The summed E-state index contributed by atoms with van der Waals surface area (Å²) < 4.78 is 5.00. The number of likely N-dealkylation sites (tertiary alicyclic amines) is 1. The lowest BCUT2D eigenvalue weighted by molar-refractivity contribution is 0.0946. The van der Waals surface area contributed by atoms with Crippen LogP contribution in [0.3, 0.4) is 0 Å². The highest BCUT2D eigenvalue weighted by Gasteiger charge is 2.17. The number of carbonyl (C=O) groups excluding carboxylic acids is 1. The van der Waals surface area contributed by atoms with Gasteiger partial charge in [0.1, 0.15) is 11.5 Å². The Morgan fingerprint density at radius 1 is 1.43 bits per heavy atom. The van der Waals surface area contributed by atoms with Gasteiger partial charge in [0.25, 0.3) is 5.91 Å². The van der Waals surface area contributed by atoms with Gasteiger partial charge in [0.05, 0.1) is 12.7 Å². The summed E-state index contributed by atoms with van der Waals surface area (Å²) in [6.45, 7) is 2.93. The Morgan fingerprint density at radius 2 is 2.14 bits per heavy atom. The fourth-order valence-corrected chi connectivity index (χ4v) is 2.67. The highest BCUT2D eigenvalue weighted by Crippen LogP contribution is 2.23. The molecule has 2 rings (SSSR count). The maximum Gasteiger partial charge on any atom is 0.255 e. The van der Waals surface area contributed by atoms with Crippen LogP contribution in [0.2, 0.25) is 0 Å². The van der Waals surface area contributed by atoms with Crippen molar-refractivity contribution in [1.82, 2.24) is 10.2 Å². The Kier molecular flexibility index (Phi) is 5.44. The summed E-state index contributed by atoms with van der Waals surface area (Å²) in [4.78, 5) is 14.4. The van der Waals surface area contributed by atoms with Gasteiger partial charge in [0.2, 0.25) is 0 Å². The number of carbonyl (C=O) groups is 1. The largest absolute Gasteiger partial charge is 0.507 e. The van der Waals surface area contributed by atoms with Gasteiger partial charge in [-0.05, 0) is 57.5 Å². The minimum atomic E-state index is -0.233. The standard InChI is InChI=1S/C16H24N2O3/c1-18-9-6-12(7-10-18)5-8-17-16(20)14-4-3-13(21-2)11-15(14)19/h3-4,11-12,19H,5-10H2,1-2H3,(H,17,20). The molecule has 0 unspecified atom stereocenters. The monoisotopic (exact) mass is 292 g/mol. The van der Waals surface area contributed by atoms with Crippen LogP contribution < -0.4 is 10.1 Å². The number of nitrogens with zero attached hydrogens (tertiary/aromatic N) is 1. The van der Waals surface area contributed by atoms with Crippen LogP contribution in [0.25, 0.3) is 0 Å². The second kappa shape index (κ2) is 7.31. The molecular formula is C16H24N2O3. The molecular weight excluding hydrogens is 268 g/mol. The average molecular weight is 292 g/mol. The summed E-state index contributed by atoms with van der Waals surface area (Å²) >= 11 is 0. The molecule has 2 N–H and O–H groups in total. The molecule has 1 saturated heterocycles. The van der Waals surface area contributed by atoms with Crippen LogP contribution in [0.15, 0.2) is 18.2 Å². The molecule has 1 aromatic carbocycles. The SMILES string of the molecule is COc1ccc(C(=O)NCCC2CCN(C)CC2)c(O)c1. The van der Waals surface area contributed by atoms with Gasteiger partial charge in [-0.25, -0.2) is 0 Å². The maximum absolute atomic E-state index is 12.0. The summed E-state index contributed by atoms with van der Waals surface area (Å²) in [6.07, 6.45) is 3.39. The number of rotatable bonds is 5. The van der Waals surface area contributed by atoms with Crippen LogP contribution in [0.5, 0.6) is 11.5 Å². The number of methoxy groups -OCH3 is 1. The molecule has 1 aliphatic rings. The highest BCUT2D eigenvalue weighted by atomic mass is 16.5. The molecule has 0 bridgehead atoms. The number of hydrogen-bond donors (Lipinski definition) is 2. The van der Waals surface area contributed by atoms with Crippen molar-refractivity contribution in [3.63, 3.8) is 0 Å². The van der Waals surface area contributed by atoms with Gasteiger partial charge >= 0.3 is 0 Å². The van der Waals surface area contributed by atoms with Gasteiger partial charge in [-0.1, -0.05) is 0 Å². The number of phenolic OH excluding ortho intramolecular Hbond substituents is 1. The molecule has 5 nitrogen and oxygen atoms in total. The minimum Gasteiger partial charge on any atom is -0.507 e. The van der Waals surface area contributed by atoms with E-state index >= 15 is 0 Å². The van der Waals surface area contributed by atoms with E-state index in [-0.39, 0.29) is 11.7 Å². The first-order valence-electron chi connectivity index (χ1n) is 7.44. The van der Waals surface area contributed by atoms with E-state index in [0.717, 1.165) is 19.5 Å². The number of ether oxygens (including phenoxy) is 1. The zero-order valence-electron chi connectivity index (χ0n) is 12.8. The lowest BCUT2D eigenvalue weighted by Crippen LogP contribution is -2.32. The molecule has 0 spiro atoms. The van der Waals surface area contributed by atoms with Crippen LogP contribution in [0.4, 0.5) is 0 Å². The molecule has 0 aliphatic carbocycles. The smallest absolute Gasteiger partial charge is 0.255 e. The first-order valence-corrected chi connectivity index (χ1v) is 7.44. The third-order valence-electron chi connectivity index (χ3n) is 4.13. The molecule has 0 aromatic heterocycles.